The van der Waals surface area contributed by atoms with E-state index >= 15 is 0 Å². The van der Waals surface area contributed by atoms with Gasteiger partial charge in [0.1, 0.15) is 12.9 Å². The first-order valence-corrected chi connectivity index (χ1v) is 8.40. The lowest BCUT2D eigenvalue weighted by Crippen LogP contribution is -2.55. The molecule has 10 nitrogen and oxygen atoms in total. The van der Waals surface area contributed by atoms with Crippen molar-refractivity contribution in [1.82, 2.24) is 35.2 Å². The number of nitrogens with zero attached hydrogens (tertiary/aromatic N) is 6. The number of rotatable bonds is 4. The maximum absolute atomic E-state index is 12.6. The molecule has 1 saturated heterocycles. The molecule has 1 aliphatic rings. The second kappa shape index (κ2) is 7.06. The average Bonchev–Trinajstić information content (AvgIpc) is 2.99. The Morgan fingerprint density at radius 2 is 2.08 bits per heavy atom. The normalized spacial score (nSPS) is 16.3. The fraction of sp³-hybridized carbons (Fsp3) is 0.500. The minimum absolute atomic E-state index is 0.0568. The Hall–Kier alpha value is -3.04. The Labute approximate surface area is 150 Å². The number of nitrogens with one attached hydrogen (secondary N) is 1. The van der Waals surface area contributed by atoms with Gasteiger partial charge in [-0.1, -0.05) is 0 Å². The monoisotopic (exact) mass is 358 g/mol. The van der Waals surface area contributed by atoms with Gasteiger partial charge in [0.25, 0.3) is 5.91 Å². The maximum Gasteiger partial charge on any atom is 0.274 e. The predicted octanol–water partition coefficient (Wildman–Crippen LogP) is -0.230. The zero-order chi connectivity index (χ0) is 18.7. The van der Waals surface area contributed by atoms with E-state index in [1.54, 1.807) is 17.2 Å². The first-order chi connectivity index (χ1) is 12.4. The minimum Gasteiger partial charge on any atom is -0.367 e. The number of hydrogen-bond donors (Lipinski definition) is 2. The molecular weight excluding hydrogens is 336 g/mol. The second-order valence-corrected chi connectivity index (χ2v) is 6.76. The number of amides is 2. The third-order valence-corrected chi connectivity index (χ3v) is 4.58. The molecule has 3 N–H and O–H groups in total. The highest BCUT2D eigenvalue weighted by atomic mass is 16.2. The van der Waals surface area contributed by atoms with Crippen LogP contribution in [0.1, 0.15) is 35.8 Å². The van der Waals surface area contributed by atoms with Gasteiger partial charge in [-0.25, -0.2) is 9.67 Å². The molecule has 0 unspecified atom stereocenters. The molecule has 0 aromatic carbocycles. The second-order valence-electron chi connectivity index (χ2n) is 6.76. The summed E-state index contributed by atoms with van der Waals surface area (Å²) >= 11 is 0. The Morgan fingerprint density at radius 3 is 2.69 bits per heavy atom. The lowest BCUT2D eigenvalue weighted by molar-refractivity contribution is -0.124. The molecule has 1 aliphatic heterocycles. The Bertz CT molecular complexity index is 810. The molecule has 0 saturated carbocycles. The summed E-state index contributed by atoms with van der Waals surface area (Å²) in [4.78, 5) is 30.4. The van der Waals surface area contributed by atoms with Crippen molar-refractivity contribution in [1.29, 1.82) is 0 Å². The van der Waals surface area contributed by atoms with Crippen LogP contribution in [0.25, 0.3) is 0 Å². The van der Waals surface area contributed by atoms with Crippen LogP contribution in [0, 0.1) is 6.92 Å². The minimum atomic E-state index is -0.378. The summed E-state index contributed by atoms with van der Waals surface area (Å²) in [5.41, 5.74) is 6.25. The van der Waals surface area contributed by atoms with Gasteiger partial charge in [0.05, 0.1) is 0 Å². The van der Waals surface area contributed by atoms with Crippen LogP contribution in [0.4, 0.5) is 5.95 Å². The third-order valence-electron chi connectivity index (χ3n) is 4.58. The highest BCUT2D eigenvalue weighted by molar-refractivity contribution is 5.93. The molecule has 2 amide bonds. The summed E-state index contributed by atoms with van der Waals surface area (Å²) < 4.78 is 1.39. The molecule has 0 atom stereocenters. The van der Waals surface area contributed by atoms with E-state index in [-0.39, 0.29) is 29.8 Å². The van der Waals surface area contributed by atoms with Crippen molar-refractivity contribution in [3.05, 3.63) is 29.8 Å². The molecule has 0 spiro atoms. The molecule has 2 aromatic heterocycles. The maximum atomic E-state index is 12.6. The van der Waals surface area contributed by atoms with E-state index in [2.05, 4.69) is 25.6 Å². The van der Waals surface area contributed by atoms with Gasteiger partial charge in [0, 0.05) is 24.8 Å². The summed E-state index contributed by atoms with van der Waals surface area (Å²) in [6, 6.07) is 1.77. The SMILES string of the molecule is Cc1ccnnc1C(=O)N1CCC(C)(NC(=O)Cn2cnc(N)n2)CC1. The van der Waals surface area contributed by atoms with E-state index < -0.39 is 0 Å². The van der Waals surface area contributed by atoms with Gasteiger partial charge in [-0.05, 0) is 38.3 Å². The number of nitrogen functional groups attached to an aromatic ring is 1. The molecule has 26 heavy (non-hydrogen) atoms. The van der Waals surface area contributed by atoms with Crippen molar-refractivity contribution in [2.24, 2.45) is 0 Å². The van der Waals surface area contributed by atoms with Gasteiger partial charge >= 0.3 is 0 Å². The van der Waals surface area contributed by atoms with Crippen molar-refractivity contribution >= 4 is 17.8 Å². The van der Waals surface area contributed by atoms with Crippen LogP contribution in [0.2, 0.25) is 0 Å². The lowest BCUT2D eigenvalue weighted by atomic mass is 9.89. The fourth-order valence-corrected chi connectivity index (χ4v) is 2.99. The smallest absolute Gasteiger partial charge is 0.274 e. The molecule has 3 heterocycles. The number of aromatic nitrogens is 5. The van der Waals surface area contributed by atoms with Crippen LogP contribution in [0.15, 0.2) is 18.6 Å². The summed E-state index contributed by atoms with van der Waals surface area (Å²) in [6.45, 7) is 4.97. The Balaban J connectivity index is 1.56. The van der Waals surface area contributed by atoms with Gasteiger partial charge < -0.3 is 16.0 Å². The van der Waals surface area contributed by atoms with Gasteiger partial charge in [-0.2, -0.15) is 5.10 Å². The number of piperidine rings is 1. The molecule has 1 fully saturated rings. The van der Waals surface area contributed by atoms with Crippen molar-refractivity contribution in [3.8, 4) is 0 Å². The van der Waals surface area contributed by atoms with E-state index in [0.29, 0.717) is 31.6 Å². The summed E-state index contributed by atoms with van der Waals surface area (Å²) in [5, 5.41) is 14.7. The summed E-state index contributed by atoms with van der Waals surface area (Å²) in [7, 11) is 0. The molecule has 0 radical (unpaired) electrons. The molecule has 10 heteroatoms. The van der Waals surface area contributed by atoms with Gasteiger partial charge in [-0.3, -0.25) is 9.59 Å². The van der Waals surface area contributed by atoms with E-state index in [1.807, 2.05) is 13.8 Å². The number of nitrogens with two attached hydrogens (primary N) is 1. The van der Waals surface area contributed by atoms with E-state index in [9.17, 15) is 9.59 Å². The molecular formula is C16H22N8O2. The van der Waals surface area contributed by atoms with Gasteiger partial charge in [0.2, 0.25) is 11.9 Å². The molecule has 2 aromatic rings. The summed E-state index contributed by atoms with van der Waals surface area (Å²) in [5.74, 6) is -0.154. The molecule has 0 bridgehead atoms. The van der Waals surface area contributed by atoms with Crippen LogP contribution >= 0.6 is 0 Å². The number of carbonyl (C=O) groups excluding carboxylic acids is 2. The number of anilines is 1. The topological polar surface area (TPSA) is 132 Å². The van der Waals surface area contributed by atoms with Gasteiger partial charge in [-0.15, -0.1) is 10.2 Å². The van der Waals surface area contributed by atoms with Crippen molar-refractivity contribution in [2.45, 2.75) is 38.8 Å². The van der Waals surface area contributed by atoms with E-state index in [0.717, 1.165) is 5.56 Å². The van der Waals surface area contributed by atoms with Crippen molar-refractivity contribution < 1.29 is 9.59 Å². The summed E-state index contributed by atoms with van der Waals surface area (Å²) in [6.07, 6.45) is 4.30. The highest BCUT2D eigenvalue weighted by Gasteiger charge is 2.34. The molecule has 138 valence electrons. The van der Waals surface area contributed by atoms with Gasteiger partial charge in [0.15, 0.2) is 5.69 Å². The fourth-order valence-electron chi connectivity index (χ4n) is 2.99. The highest BCUT2D eigenvalue weighted by Crippen LogP contribution is 2.23. The molecule has 3 rings (SSSR count). The number of likely N-dealkylation sites (tertiary alicyclic amines) is 1. The van der Waals surface area contributed by atoms with Crippen LogP contribution in [-0.4, -0.2) is 60.3 Å². The number of hydrogen-bond acceptors (Lipinski definition) is 7. The predicted molar refractivity (Wildman–Crippen MR) is 92.9 cm³/mol. The van der Waals surface area contributed by atoms with E-state index in [4.69, 9.17) is 5.73 Å². The Morgan fingerprint density at radius 1 is 1.35 bits per heavy atom. The van der Waals surface area contributed by atoms with Crippen LogP contribution in [-0.2, 0) is 11.3 Å². The quantitative estimate of drug-likeness (QED) is 0.771. The largest absolute Gasteiger partial charge is 0.367 e. The van der Waals surface area contributed by atoms with Crippen molar-refractivity contribution in [2.75, 3.05) is 18.8 Å². The Kier molecular flexibility index (Phi) is 4.83. The van der Waals surface area contributed by atoms with Crippen LogP contribution < -0.4 is 11.1 Å². The third kappa shape index (κ3) is 3.95. The first kappa shape index (κ1) is 17.8. The van der Waals surface area contributed by atoms with Crippen LogP contribution in [0.3, 0.4) is 0 Å². The number of carbonyl (C=O) groups is 2. The lowest BCUT2D eigenvalue weighted by Gasteiger charge is -2.39. The molecule has 0 aliphatic carbocycles. The average molecular weight is 358 g/mol. The van der Waals surface area contributed by atoms with E-state index in [1.165, 1.54) is 11.0 Å². The van der Waals surface area contributed by atoms with Crippen LogP contribution in [0.5, 0.6) is 0 Å². The van der Waals surface area contributed by atoms with Crippen molar-refractivity contribution in [3.63, 3.8) is 0 Å². The zero-order valence-corrected chi connectivity index (χ0v) is 14.8. The number of aryl methyl sites for hydroxylation is 1. The zero-order valence-electron chi connectivity index (χ0n) is 14.8. The first-order valence-electron chi connectivity index (χ1n) is 8.40. The standard InChI is InChI=1S/C16H22N8O2/c1-11-3-6-19-21-13(11)14(26)23-7-4-16(2,5-8-23)20-12(25)9-24-10-18-15(17)22-24/h3,6,10H,4-5,7-9H2,1-2H3,(H2,17,22)(H,20,25).